The second-order valence-electron chi connectivity index (χ2n) is 7.38. The Labute approximate surface area is 180 Å². The minimum Gasteiger partial charge on any atom is -0.461 e. The van der Waals surface area contributed by atoms with Crippen LogP contribution in [0.25, 0.3) is 0 Å². The van der Waals surface area contributed by atoms with Gasteiger partial charge in [-0.3, -0.25) is 0 Å². The lowest BCUT2D eigenvalue weighted by molar-refractivity contribution is -0.348. The fourth-order valence-electron chi connectivity index (χ4n) is 2.75. The second kappa shape index (κ2) is 9.54. The molecule has 1 rings (SSSR count). The van der Waals surface area contributed by atoms with Gasteiger partial charge in [0, 0.05) is 0 Å². The number of hydrogen-bond donors (Lipinski definition) is 0. The number of rotatable bonds is 8. The zero-order chi connectivity index (χ0) is 27.0. The van der Waals surface area contributed by atoms with Crippen LogP contribution in [0.1, 0.15) is 25.7 Å². The Morgan fingerprint density at radius 3 is 0.971 bits per heavy atom. The van der Waals surface area contributed by atoms with E-state index in [4.69, 9.17) is 0 Å². The van der Waals surface area contributed by atoms with Gasteiger partial charge in [-0.15, -0.1) is 0 Å². The molecule has 0 saturated heterocycles. The van der Waals surface area contributed by atoms with Crippen molar-refractivity contribution in [2.75, 3.05) is 13.2 Å². The molecule has 0 aromatic carbocycles. The van der Waals surface area contributed by atoms with Crippen LogP contribution in [0.2, 0.25) is 0 Å². The molecular formula is C16H14F14O4. The normalized spacial score (nSPS) is 21.2. The van der Waals surface area contributed by atoms with Gasteiger partial charge < -0.3 is 9.47 Å². The molecule has 0 amide bonds. The molecule has 0 spiro atoms. The quantitative estimate of drug-likeness (QED) is 0.302. The van der Waals surface area contributed by atoms with Crippen LogP contribution in [0.5, 0.6) is 0 Å². The van der Waals surface area contributed by atoms with E-state index < -0.39 is 73.0 Å². The first-order chi connectivity index (χ1) is 15.0. The molecule has 200 valence electrons. The summed E-state index contributed by atoms with van der Waals surface area (Å²) in [5, 5.41) is 0. The summed E-state index contributed by atoms with van der Waals surface area (Å²) in [6, 6.07) is 0. The van der Waals surface area contributed by atoms with E-state index in [0.29, 0.717) is 0 Å². The van der Waals surface area contributed by atoms with E-state index in [2.05, 4.69) is 9.47 Å². The molecule has 18 heteroatoms. The third kappa shape index (κ3) is 5.78. The molecule has 0 atom stereocenters. The molecule has 0 aromatic heterocycles. The number of ether oxygens (including phenoxy) is 2. The summed E-state index contributed by atoms with van der Waals surface area (Å²) in [5.41, 5.74) is 0. The predicted molar refractivity (Wildman–Crippen MR) is 79.3 cm³/mol. The third-order valence-corrected chi connectivity index (χ3v) is 4.88. The van der Waals surface area contributed by atoms with Crippen LogP contribution in [-0.4, -0.2) is 61.2 Å². The Balaban J connectivity index is 2.56. The number of alkyl halides is 14. The Morgan fingerprint density at radius 2 is 0.765 bits per heavy atom. The zero-order valence-electron chi connectivity index (χ0n) is 16.3. The highest BCUT2D eigenvalue weighted by atomic mass is 19.4. The van der Waals surface area contributed by atoms with Crippen LogP contribution < -0.4 is 0 Å². The van der Waals surface area contributed by atoms with Crippen LogP contribution in [0, 0.1) is 11.8 Å². The molecular weight excluding hydrogens is 522 g/mol. The van der Waals surface area contributed by atoms with Crippen molar-refractivity contribution < 1.29 is 80.5 Å². The van der Waals surface area contributed by atoms with Crippen molar-refractivity contribution in [1.82, 2.24) is 0 Å². The van der Waals surface area contributed by atoms with E-state index in [1.165, 1.54) is 0 Å². The average molecular weight is 536 g/mol. The third-order valence-electron chi connectivity index (χ3n) is 4.88. The minimum atomic E-state index is -6.76. The lowest BCUT2D eigenvalue weighted by Gasteiger charge is -2.30. The van der Waals surface area contributed by atoms with Gasteiger partial charge >= 0.3 is 48.0 Å². The maximum absolute atomic E-state index is 13.2. The Morgan fingerprint density at radius 1 is 0.529 bits per heavy atom. The van der Waals surface area contributed by atoms with Crippen molar-refractivity contribution >= 4 is 11.9 Å². The molecule has 1 saturated carbocycles. The average Bonchev–Trinajstić information content (AvgIpc) is 2.68. The van der Waals surface area contributed by atoms with Crippen molar-refractivity contribution in [2.24, 2.45) is 11.8 Å². The van der Waals surface area contributed by atoms with Crippen LogP contribution >= 0.6 is 0 Å². The molecule has 0 radical (unpaired) electrons. The first-order valence-electron chi connectivity index (χ1n) is 8.99. The molecule has 0 aromatic rings. The standard InChI is InChI=1S/C16H14F14O4/c17-11(18,13(21,22)15(25,26)27)9(31)33-5-7-1-2-8(4-3-7)6-34-10(32)12(19,20)14(23,24)16(28,29)30/h7-8H,1-6H2. The van der Waals surface area contributed by atoms with Crippen molar-refractivity contribution in [3.05, 3.63) is 0 Å². The summed E-state index contributed by atoms with van der Waals surface area (Å²) in [6.07, 6.45) is -14.2. The van der Waals surface area contributed by atoms with Gasteiger partial charge in [-0.2, -0.15) is 61.5 Å². The summed E-state index contributed by atoms with van der Waals surface area (Å²) in [5.74, 6) is -34.0. The highest BCUT2D eigenvalue weighted by molar-refractivity contribution is 5.79. The first-order valence-corrected chi connectivity index (χ1v) is 8.99. The summed E-state index contributed by atoms with van der Waals surface area (Å²) >= 11 is 0. The largest absolute Gasteiger partial charge is 0.461 e. The number of hydrogen-bond acceptors (Lipinski definition) is 4. The van der Waals surface area contributed by atoms with Crippen molar-refractivity contribution in [3.63, 3.8) is 0 Å². The van der Waals surface area contributed by atoms with Gasteiger partial charge in [0.05, 0.1) is 13.2 Å². The number of carbonyl (C=O) groups is 2. The molecule has 0 heterocycles. The van der Waals surface area contributed by atoms with Gasteiger partial charge in [0.2, 0.25) is 0 Å². The van der Waals surface area contributed by atoms with Gasteiger partial charge in [0.25, 0.3) is 0 Å². The Kier molecular flexibility index (Phi) is 8.42. The zero-order valence-corrected chi connectivity index (χ0v) is 16.3. The molecule has 0 unspecified atom stereocenters. The summed E-state index contributed by atoms with van der Waals surface area (Å²) in [4.78, 5) is 22.1. The SMILES string of the molecule is O=C(OCC1CCC(COC(=O)C(F)(F)C(F)(F)C(F)(F)F)CC1)C(F)(F)C(F)(F)C(F)(F)F. The van der Waals surface area contributed by atoms with Gasteiger partial charge in [-0.05, 0) is 37.5 Å². The van der Waals surface area contributed by atoms with Crippen molar-refractivity contribution in [3.8, 4) is 0 Å². The second-order valence-corrected chi connectivity index (χ2v) is 7.38. The fraction of sp³-hybridized carbons (Fsp3) is 0.875. The first kappa shape index (κ1) is 30.0. The van der Waals surface area contributed by atoms with Crippen LogP contribution in [0.3, 0.4) is 0 Å². The van der Waals surface area contributed by atoms with Crippen LogP contribution in [-0.2, 0) is 19.1 Å². The fourth-order valence-corrected chi connectivity index (χ4v) is 2.75. The molecule has 4 nitrogen and oxygen atoms in total. The van der Waals surface area contributed by atoms with E-state index in [1.54, 1.807) is 0 Å². The molecule has 34 heavy (non-hydrogen) atoms. The van der Waals surface area contributed by atoms with E-state index in [0.717, 1.165) is 0 Å². The molecule has 1 fully saturated rings. The van der Waals surface area contributed by atoms with Crippen LogP contribution in [0.15, 0.2) is 0 Å². The topological polar surface area (TPSA) is 52.6 Å². The van der Waals surface area contributed by atoms with Crippen molar-refractivity contribution in [1.29, 1.82) is 0 Å². The van der Waals surface area contributed by atoms with Crippen molar-refractivity contribution in [2.45, 2.75) is 61.7 Å². The van der Waals surface area contributed by atoms with E-state index in [9.17, 15) is 71.1 Å². The van der Waals surface area contributed by atoms with Gasteiger partial charge in [-0.1, -0.05) is 0 Å². The monoisotopic (exact) mass is 536 g/mol. The Bertz CT molecular complexity index is 673. The lowest BCUT2D eigenvalue weighted by atomic mass is 9.83. The number of carbonyl (C=O) groups excluding carboxylic acids is 2. The maximum Gasteiger partial charge on any atom is 0.460 e. The van der Waals surface area contributed by atoms with Gasteiger partial charge in [-0.25, -0.2) is 9.59 Å². The Hall–Kier alpha value is -2.04. The number of halogens is 14. The minimum absolute atomic E-state index is 0.161. The highest BCUT2D eigenvalue weighted by Gasteiger charge is 2.78. The predicted octanol–water partition coefficient (Wildman–Crippen LogP) is 5.55. The summed E-state index contributed by atoms with van der Waals surface area (Å²) < 4.78 is 184. The molecule has 0 aliphatic heterocycles. The molecule has 1 aliphatic carbocycles. The number of esters is 2. The highest BCUT2D eigenvalue weighted by Crippen LogP contribution is 2.48. The smallest absolute Gasteiger partial charge is 0.460 e. The molecule has 0 bridgehead atoms. The molecule has 0 N–H and O–H groups in total. The summed E-state index contributed by atoms with van der Waals surface area (Å²) in [7, 11) is 0. The molecule has 1 aliphatic rings. The summed E-state index contributed by atoms with van der Waals surface area (Å²) in [6.45, 7) is -2.07. The van der Waals surface area contributed by atoms with Crippen LogP contribution in [0.4, 0.5) is 61.5 Å². The lowest BCUT2D eigenvalue weighted by Crippen LogP contribution is -2.56. The maximum atomic E-state index is 13.2. The van der Waals surface area contributed by atoms with E-state index >= 15 is 0 Å². The van der Waals surface area contributed by atoms with Gasteiger partial charge in [0.1, 0.15) is 0 Å². The van der Waals surface area contributed by atoms with E-state index in [-0.39, 0.29) is 25.7 Å². The van der Waals surface area contributed by atoms with Gasteiger partial charge in [0.15, 0.2) is 0 Å². The van der Waals surface area contributed by atoms with E-state index in [1.807, 2.05) is 0 Å².